The Labute approximate surface area is 163 Å². The van der Waals surface area contributed by atoms with E-state index in [1.807, 2.05) is 6.07 Å². The first kappa shape index (κ1) is 20.1. The molecule has 0 fully saturated rings. The van der Waals surface area contributed by atoms with Crippen molar-refractivity contribution in [2.75, 3.05) is 6.61 Å². The number of unbranched alkanes of at least 4 members (excludes halogenated alkanes) is 3. The average Bonchev–Trinajstić information content (AvgIpc) is 2.63. The molecule has 0 radical (unpaired) electrons. The van der Waals surface area contributed by atoms with Gasteiger partial charge >= 0.3 is 5.97 Å². The van der Waals surface area contributed by atoms with E-state index in [4.69, 9.17) is 37.9 Å². The van der Waals surface area contributed by atoms with Crippen molar-refractivity contribution >= 4 is 29.2 Å². The third kappa shape index (κ3) is 5.66. The number of ether oxygens (including phenoxy) is 2. The third-order valence-electron chi connectivity index (χ3n) is 3.67. The van der Waals surface area contributed by atoms with Crippen molar-refractivity contribution < 1.29 is 14.3 Å². The third-order valence-corrected chi connectivity index (χ3v) is 4.23. The molecule has 0 spiro atoms. The van der Waals surface area contributed by atoms with Crippen molar-refractivity contribution in [1.29, 1.82) is 5.26 Å². The van der Waals surface area contributed by atoms with Crippen LogP contribution in [0, 0.1) is 11.3 Å². The Bertz CT molecular complexity index is 775. The molecule has 0 aliphatic rings. The fourth-order valence-electron chi connectivity index (χ4n) is 2.28. The molecule has 0 aliphatic heterocycles. The van der Waals surface area contributed by atoms with Gasteiger partial charge in [0, 0.05) is 0 Å². The quantitative estimate of drug-likeness (QED) is 0.312. The molecule has 0 saturated carbocycles. The molecule has 0 saturated heterocycles. The van der Waals surface area contributed by atoms with E-state index in [1.165, 1.54) is 12.1 Å². The molecule has 0 atom stereocenters. The zero-order valence-corrected chi connectivity index (χ0v) is 15.9. The Hall–Kier alpha value is -2.22. The number of carbonyl (C=O) groups is 1. The minimum Gasteiger partial charge on any atom is -0.490 e. The van der Waals surface area contributed by atoms with Crippen molar-refractivity contribution in [1.82, 2.24) is 0 Å². The van der Waals surface area contributed by atoms with Crippen LogP contribution in [0.25, 0.3) is 0 Å². The van der Waals surface area contributed by atoms with Crippen LogP contribution in [0.3, 0.4) is 0 Å². The Morgan fingerprint density at radius 3 is 2.31 bits per heavy atom. The second-order valence-electron chi connectivity index (χ2n) is 5.70. The van der Waals surface area contributed by atoms with Crippen LogP contribution >= 0.6 is 23.2 Å². The Morgan fingerprint density at radius 2 is 1.73 bits per heavy atom. The van der Waals surface area contributed by atoms with E-state index in [-0.39, 0.29) is 15.6 Å². The van der Waals surface area contributed by atoms with E-state index in [0.717, 1.165) is 25.7 Å². The summed E-state index contributed by atoms with van der Waals surface area (Å²) in [7, 11) is 0. The number of esters is 1. The van der Waals surface area contributed by atoms with Crippen LogP contribution in [0.5, 0.6) is 11.5 Å². The van der Waals surface area contributed by atoms with Gasteiger partial charge in [0.1, 0.15) is 5.75 Å². The second-order valence-corrected chi connectivity index (χ2v) is 6.52. The minimum absolute atomic E-state index is 0.225. The highest BCUT2D eigenvalue weighted by Crippen LogP contribution is 2.34. The SMILES string of the molecule is CCCCCCOc1c(Cl)cc(C(=O)Oc2ccc(C#N)cc2)cc1Cl. The standard InChI is InChI=1S/C20H19Cl2NO3/c1-2-3-4-5-10-25-19-17(21)11-15(12-18(19)22)20(24)26-16-8-6-14(13-23)7-9-16/h6-9,11-12H,2-5,10H2,1H3. The van der Waals surface area contributed by atoms with Gasteiger partial charge in [0.2, 0.25) is 0 Å². The Kier molecular flexibility index (Phi) is 7.77. The molecule has 136 valence electrons. The van der Waals surface area contributed by atoms with Crippen LogP contribution in [0.4, 0.5) is 0 Å². The van der Waals surface area contributed by atoms with E-state index in [2.05, 4.69) is 6.92 Å². The maximum Gasteiger partial charge on any atom is 0.343 e. The molecule has 2 aromatic rings. The van der Waals surface area contributed by atoms with Gasteiger partial charge in [0.25, 0.3) is 0 Å². The zero-order valence-electron chi connectivity index (χ0n) is 14.4. The lowest BCUT2D eigenvalue weighted by Crippen LogP contribution is -2.09. The molecule has 26 heavy (non-hydrogen) atoms. The minimum atomic E-state index is -0.590. The molecule has 0 aromatic heterocycles. The highest BCUT2D eigenvalue weighted by molar-refractivity contribution is 6.37. The summed E-state index contributed by atoms with van der Waals surface area (Å²) in [5.41, 5.74) is 0.707. The predicted octanol–water partition coefficient (Wildman–Crippen LogP) is 6.04. The Morgan fingerprint density at radius 1 is 1.08 bits per heavy atom. The molecule has 0 N–H and O–H groups in total. The maximum atomic E-state index is 12.3. The number of hydrogen-bond donors (Lipinski definition) is 0. The molecule has 4 nitrogen and oxygen atoms in total. The van der Waals surface area contributed by atoms with Crippen molar-refractivity contribution in [3.05, 3.63) is 57.6 Å². The first-order valence-corrected chi connectivity index (χ1v) is 9.15. The number of hydrogen-bond acceptors (Lipinski definition) is 4. The number of benzene rings is 2. The fourth-order valence-corrected chi connectivity index (χ4v) is 2.88. The van der Waals surface area contributed by atoms with Gasteiger partial charge in [-0.05, 0) is 42.8 Å². The largest absolute Gasteiger partial charge is 0.490 e. The Balaban J connectivity index is 2.03. The van der Waals surface area contributed by atoms with Crippen LogP contribution in [-0.4, -0.2) is 12.6 Å². The lowest BCUT2D eigenvalue weighted by molar-refractivity contribution is 0.0734. The van der Waals surface area contributed by atoms with Crippen molar-refractivity contribution in [3.63, 3.8) is 0 Å². The highest BCUT2D eigenvalue weighted by atomic mass is 35.5. The van der Waals surface area contributed by atoms with E-state index in [0.29, 0.717) is 23.7 Å². The molecule has 0 bridgehead atoms. The summed E-state index contributed by atoms with van der Waals surface area (Å²) in [5, 5.41) is 9.31. The molecule has 0 unspecified atom stereocenters. The van der Waals surface area contributed by atoms with E-state index in [1.54, 1.807) is 24.3 Å². The lowest BCUT2D eigenvalue weighted by Gasteiger charge is -2.12. The number of nitriles is 1. The second kappa shape index (κ2) is 10.1. The monoisotopic (exact) mass is 391 g/mol. The number of carbonyl (C=O) groups excluding carboxylic acids is 1. The van der Waals surface area contributed by atoms with E-state index < -0.39 is 5.97 Å². The molecule has 2 rings (SSSR count). The smallest absolute Gasteiger partial charge is 0.343 e. The summed E-state index contributed by atoms with van der Waals surface area (Å²) in [6, 6.07) is 11.2. The van der Waals surface area contributed by atoms with Crippen molar-refractivity contribution in [3.8, 4) is 17.6 Å². The van der Waals surface area contributed by atoms with Crippen molar-refractivity contribution in [2.45, 2.75) is 32.6 Å². The molecule has 2 aromatic carbocycles. The van der Waals surface area contributed by atoms with Gasteiger partial charge < -0.3 is 9.47 Å². The molecule has 6 heteroatoms. The molecule has 0 heterocycles. The van der Waals surface area contributed by atoms with Gasteiger partial charge in [-0.25, -0.2) is 4.79 Å². The van der Waals surface area contributed by atoms with E-state index >= 15 is 0 Å². The summed E-state index contributed by atoms with van der Waals surface area (Å²) >= 11 is 12.4. The van der Waals surface area contributed by atoms with Gasteiger partial charge in [-0.15, -0.1) is 0 Å². The van der Waals surface area contributed by atoms with Crippen LogP contribution in [0.1, 0.15) is 48.5 Å². The van der Waals surface area contributed by atoms with Crippen LogP contribution in [-0.2, 0) is 0 Å². The summed E-state index contributed by atoms with van der Waals surface area (Å²) < 4.78 is 10.9. The summed E-state index contributed by atoms with van der Waals surface area (Å²) in [5.74, 6) is 0.116. The zero-order chi connectivity index (χ0) is 18.9. The van der Waals surface area contributed by atoms with Gasteiger partial charge in [-0.3, -0.25) is 0 Å². The first-order valence-electron chi connectivity index (χ1n) is 8.39. The number of halogens is 2. The maximum absolute atomic E-state index is 12.3. The number of rotatable bonds is 8. The van der Waals surface area contributed by atoms with Gasteiger partial charge in [-0.2, -0.15) is 5.26 Å². The predicted molar refractivity (Wildman–Crippen MR) is 102 cm³/mol. The van der Waals surface area contributed by atoms with Gasteiger partial charge in [0.15, 0.2) is 5.75 Å². The van der Waals surface area contributed by atoms with Crippen LogP contribution < -0.4 is 9.47 Å². The van der Waals surface area contributed by atoms with Crippen LogP contribution in [0.2, 0.25) is 10.0 Å². The van der Waals surface area contributed by atoms with Crippen molar-refractivity contribution in [2.24, 2.45) is 0 Å². The summed E-state index contributed by atoms with van der Waals surface area (Å²) in [6.45, 7) is 2.67. The lowest BCUT2D eigenvalue weighted by atomic mass is 10.2. The normalized spacial score (nSPS) is 10.2. The fraction of sp³-hybridized carbons (Fsp3) is 0.300. The summed E-state index contributed by atoms with van der Waals surface area (Å²) in [4.78, 5) is 12.3. The van der Waals surface area contributed by atoms with Crippen LogP contribution in [0.15, 0.2) is 36.4 Å². The average molecular weight is 392 g/mol. The molecular formula is C20H19Cl2NO3. The first-order chi connectivity index (χ1) is 12.5. The summed E-state index contributed by atoms with van der Waals surface area (Å²) in [6.07, 6.45) is 4.31. The number of nitrogens with zero attached hydrogens (tertiary/aromatic N) is 1. The molecule has 0 amide bonds. The molecule has 0 aliphatic carbocycles. The molecular weight excluding hydrogens is 373 g/mol. The van der Waals surface area contributed by atoms with E-state index in [9.17, 15) is 4.79 Å². The van der Waals surface area contributed by atoms with Gasteiger partial charge in [-0.1, -0.05) is 49.4 Å². The van der Waals surface area contributed by atoms with Gasteiger partial charge in [0.05, 0.1) is 33.8 Å². The topological polar surface area (TPSA) is 59.3 Å². The highest BCUT2D eigenvalue weighted by Gasteiger charge is 2.16.